The predicted molar refractivity (Wildman–Crippen MR) is 127 cm³/mol. The van der Waals surface area contributed by atoms with Gasteiger partial charge in [0, 0.05) is 18.0 Å². The van der Waals surface area contributed by atoms with Gasteiger partial charge in [0.2, 0.25) is 0 Å². The Morgan fingerprint density at radius 3 is 2.23 bits per heavy atom. The van der Waals surface area contributed by atoms with Gasteiger partial charge in [0.1, 0.15) is 23.7 Å². The molecule has 0 atom stereocenters. The molecular weight excluding hydrogens is 410 g/mol. The summed E-state index contributed by atoms with van der Waals surface area (Å²) in [4.78, 5) is 0. The molecular formula is C26H24ClNO3. The number of ether oxygens (including phenoxy) is 1. The molecule has 1 aromatic heterocycles. The van der Waals surface area contributed by atoms with E-state index >= 15 is 0 Å². The molecule has 0 saturated heterocycles. The van der Waals surface area contributed by atoms with Crippen LogP contribution >= 0.6 is 11.6 Å². The molecule has 0 aliphatic heterocycles. The van der Waals surface area contributed by atoms with Gasteiger partial charge < -0.3 is 20.0 Å². The Morgan fingerprint density at radius 1 is 0.935 bits per heavy atom. The fourth-order valence-corrected chi connectivity index (χ4v) is 3.96. The number of phenols is 1. The van der Waals surface area contributed by atoms with Crippen molar-refractivity contribution in [3.05, 3.63) is 94.7 Å². The van der Waals surface area contributed by atoms with Crippen molar-refractivity contribution in [2.45, 2.75) is 13.3 Å². The van der Waals surface area contributed by atoms with E-state index in [9.17, 15) is 5.11 Å². The molecule has 4 nitrogen and oxygen atoms in total. The molecule has 158 valence electrons. The van der Waals surface area contributed by atoms with E-state index in [2.05, 4.69) is 31.2 Å². The number of benzene rings is 3. The molecule has 0 radical (unpaired) electrons. The third kappa shape index (κ3) is 4.61. The number of nitrogens with two attached hydrogens (primary N) is 1. The molecule has 0 aliphatic carbocycles. The van der Waals surface area contributed by atoms with Crippen molar-refractivity contribution in [1.29, 1.82) is 0 Å². The Balaban J connectivity index is 1.88. The fraction of sp³-hybridized carbons (Fsp3) is 0.154. The Kier molecular flexibility index (Phi) is 6.31. The minimum Gasteiger partial charge on any atom is -0.508 e. The van der Waals surface area contributed by atoms with E-state index in [1.54, 1.807) is 12.1 Å². The van der Waals surface area contributed by atoms with E-state index in [4.69, 9.17) is 26.5 Å². The van der Waals surface area contributed by atoms with Gasteiger partial charge in [0.05, 0.1) is 0 Å². The maximum absolute atomic E-state index is 9.80. The summed E-state index contributed by atoms with van der Waals surface area (Å²) < 4.78 is 11.2. The highest BCUT2D eigenvalue weighted by Crippen LogP contribution is 2.37. The first-order chi connectivity index (χ1) is 15.1. The number of fused-ring (bicyclic) bond motifs is 1. The lowest BCUT2D eigenvalue weighted by Crippen LogP contribution is -2.10. The average molecular weight is 434 g/mol. The van der Waals surface area contributed by atoms with E-state index in [-0.39, 0.29) is 5.75 Å². The number of halogens is 1. The van der Waals surface area contributed by atoms with Crippen LogP contribution in [0, 0.1) is 0 Å². The zero-order valence-corrected chi connectivity index (χ0v) is 18.0. The van der Waals surface area contributed by atoms with Crippen LogP contribution in [0.2, 0.25) is 5.22 Å². The van der Waals surface area contributed by atoms with Crippen LogP contribution in [0.4, 0.5) is 0 Å². The van der Waals surface area contributed by atoms with Crippen LogP contribution in [-0.4, -0.2) is 18.3 Å². The normalized spacial score (nSPS) is 12.1. The number of allylic oxidation sites excluding steroid dienone is 1. The second kappa shape index (κ2) is 9.29. The zero-order valence-electron chi connectivity index (χ0n) is 17.3. The second-order valence-corrected chi connectivity index (χ2v) is 7.59. The Bertz CT molecular complexity index is 1210. The summed E-state index contributed by atoms with van der Waals surface area (Å²) in [7, 11) is 0. The number of rotatable bonds is 7. The third-order valence-electron chi connectivity index (χ3n) is 5.18. The van der Waals surface area contributed by atoms with E-state index in [0.29, 0.717) is 18.4 Å². The van der Waals surface area contributed by atoms with E-state index in [1.165, 1.54) is 5.57 Å². The quantitative estimate of drug-likeness (QED) is 0.326. The summed E-state index contributed by atoms with van der Waals surface area (Å²) in [6.07, 6.45) is 0.818. The van der Waals surface area contributed by atoms with Crippen LogP contribution in [0.25, 0.3) is 22.1 Å². The molecule has 4 aromatic rings. The maximum atomic E-state index is 9.80. The first kappa shape index (κ1) is 21.0. The number of phenolic OH excluding ortho intramolecular Hbond substituents is 1. The Morgan fingerprint density at radius 2 is 1.58 bits per heavy atom. The van der Waals surface area contributed by atoms with Gasteiger partial charge in [-0.15, -0.1) is 0 Å². The van der Waals surface area contributed by atoms with Crippen molar-refractivity contribution in [2.24, 2.45) is 5.73 Å². The van der Waals surface area contributed by atoms with Crippen molar-refractivity contribution in [1.82, 2.24) is 0 Å². The van der Waals surface area contributed by atoms with Crippen LogP contribution in [0.5, 0.6) is 11.5 Å². The molecule has 0 amide bonds. The van der Waals surface area contributed by atoms with Crippen LogP contribution in [0.3, 0.4) is 0 Å². The number of furan rings is 1. The Labute approximate surface area is 186 Å². The topological polar surface area (TPSA) is 68.6 Å². The highest BCUT2D eigenvalue weighted by atomic mass is 35.5. The summed E-state index contributed by atoms with van der Waals surface area (Å²) in [6.45, 7) is 3.09. The molecule has 0 fully saturated rings. The summed E-state index contributed by atoms with van der Waals surface area (Å²) in [5.74, 6) is 1.02. The van der Waals surface area contributed by atoms with E-state index < -0.39 is 0 Å². The first-order valence-electron chi connectivity index (χ1n) is 10.2. The average Bonchev–Trinajstić information content (AvgIpc) is 3.16. The summed E-state index contributed by atoms with van der Waals surface area (Å²) in [5, 5.41) is 11.1. The Hall–Kier alpha value is -3.21. The molecule has 5 heteroatoms. The summed E-state index contributed by atoms with van der Waals surface area (Å²) >= 11 is 6.05. The lowest BCUT2D eigenvalue weighted by atomic mass is 9.88. The summed E-state index contributed by atoms with van der Waals surface area (Å²) in [6, 6.07) is 23.2. The smallest absolute Gasteiger partial charge is 0.194 e. The lowest BCUT2D eigenvalue weighted by molar-refractivity contribution is 0.328. The van der Waals surface area contributed by atoms with Gasteiger partial charge in [0.15, 0.2) is 5.22 Å². The number of aromatic hydroxyl groups is 1. The van der Waals surface area contributed by atoms with Crippen molar-refractivity contribution in [3.63, 3.8) is 0 Å². The number of hydrogen-bond acceptors (Lipinski definition) is 4. The molecule has 0 bridgehead atoms. The van der Waals surface area contributed by atoms with Gasteiger partial charge in [-0.3, -0.25) is 0 Å². The van der Waals surface area contributed by atoms with Gasteiger partial charge in [-0.1, -0.05) is 37.3 Å². The highest BCUT2D eigenvalue weighted by Gasteiger charge is 2.15. The van der Waals surface area contributed by atoms with Crippen LogP contribution < -0.4 is 10.5 Å². The molecule has 0 saturated carbocycles. The minimum atomic E-state index is 0.237. The van der Waals surface area contributed by atoms with Crippen molar-refractivity contribution in [2.75, 3.05) is 13.2 Å². The van der Waals surface area contributed by atoms with Gasteiger partial charge in [-0.05, 0) is 82.3 Å². The van der Waals surface area contributed by atoms with Crippen LogP contribution in [0.15, 0.2) is 77.2 Å². The van der Waals surface area contributed by atoms with Crippen molar-refractivity contribution < 1.29 is 14.3 Å². The van der Waals surface area contributed by atoms with Gasteiger partial charge in [0.25, 0.3) is 0 Å². The largest absolute Gasteiger partial charge is 0.508 e. The molecule has 0 unspecified atom stereocenters. The molecule has 0 aliphatic rings. The maximum Gasteiger partial charge on any atom is 0.194 e. The fourth-order valence-electron chi connectivity index (χ4n) is 3.76. The van der Waals surface area contributed by atoms with E-state index in [0.717, 1.165) is 45.4 Å². The zero-order chi connectivity index (χ0) is 21.8. The minimum absolute atomic E-state index is 0.237. The molecule has 4 rings (SSSR count). The van der Waals surface area contributed by atoms with Gasteiger partial charge in [-0.25, -0.2) is 0 Å². The molecule has 1 heterocycles. The van der Waals surface area contributed by atoms with Gasteiger partial charge >= 0.3 is 0 Å². The molecule has 3 N–H and O–H groups in total. The van der Waals surface area contributed by atoms with E-state index in [1.807, 2.05) is 36.4 Å². The highest BCUT2D eigenvalue weighted by molar-refractivity contribution is 6.29. The van der Waals surface area contributed by atoms with Crippen molar-refractivity contribution >= 4 is 33.7 Å². The van der Waals surface area contributed by atoms with Crippen LogP contribution in [-0.2, 0) is 0 Å². The molecule has 3 aromatic carbocycles. The lowest BCUT2D eigenvalue weighted by Gasteiger charge is -2.17. The second-order valence-electron chi connectivity index (χ2n) is 7.22. The molecule has 0 spiro atoms. The third-order valence-corrected chi connectivity index (χ3v) is 5.36. The SMILES string of the molecule is CCC(=C(c1ccc(O)cc1)c1ccc(OCCN)cc1)c1ccc2oc(Cl)cc2c1. The predicted octanol–water partition coefficient (Wildman–Crippen LogP) is 6.50. The first-order valence-corrected chi connectivity index (χ1v) is 10.6. The molecule has 31 heavy (non-hydrogen) atoms. The van der Waals surface area contributed by atoms with Crippen molar-refractivity contribution in [3.8, 4) is 11.5 Å². The van der Waals surface area contributed by atoms with Crippen LogP contribution in [0.1, 0.15) is 30.0 Å². The standard InChI is InChI=1S/C26H24ClNO3/c1-2-23(19-7-12-24-20(15-19)16-25(27)31-24)26(17-3-8-21(29)9-4-17)18-5-10-22(11-6-18)30-14-13-28/h3-12,15-16,29H,2,13-14,28H2,1H3. The number of hydrogen-bond donors (Lipinski definition) is 2. The van der Waals surface area contributed by atoms with Gasteiger partial charge in [-0.2, -0.15) is 0 Å². The summed E-state index contributed by atoms with van der Waals surface area (Å²) in [5.41, 5.74) is 11.8. The monoisotopic (exact) mass is 433 g/mol.